The molecule has 0 amide bonds. The molecule has 0 aliphatic rings. The summed E-state index contributed by atoms with van der Waals surface area (Å²) in [4.78, 5) is 0. The number of unbranched alkanes of at least 4 members (excludes halogenated alkanes) is 11. The maximum absolute atomic E-state index is 12.6. The molecule has 1 unspecified atom stereocenters. The summed E-state index contributed by atoms with van der Waals surface area (Å²) in [6.07, 6.45) is 18.3. The van der Waals surface area contributed by atoms with Crippen LogP contribution in [0.15, 0.2) is 0 Å². The zero-order chi connectivity index (χ0) is 26.5. The molecule has 0 heterocycles. The van der Waals surface area contributed by atoms with Crippen molar-refractivity contribution in [3.8, 4) is 0 Å². The van der Waals surface area contributed by atoms with Crippen LogP contribution in [-0.4, -0.2) is 41.4 Å². The highest BCUT2D eigenvalue weighted by Crippen LogP contribution is 2.33. The van der Waals surface area contributed by atoms with Gasteiger partial charge in [-0.25, -0.2) is 26.3 Å². The van der Waals surface area contributed by atoms with E-state index in [1.54, 1.807) is 0 Å². The van der Waals surface area contributed by atoms with Crippen LogP contribution in [0.2, 0.25) is 0 Å². The van der Waals surface area contributed by atoms with Crippen LogP contribution in [0, 0.1) is 5.41 Å². The van der Waals surface area contributed by atoms with E-state index in [1.807, 2.05) is 0 Å². The summed E-state index contributed by atoms with van der Waals surface area (Å²) in [5, 5.41) is 0. The van der Waals surface area contributed by atoms with E-state index in [9.17, 15) is 16.8 Å². The summed E-state index contributed by atoms with van der Waals surface area (Å²) in [7, 11) is -6.51. The molecule has 0 rings (SSSR count). The van der Waals surface area contributed by atoms with Crippen LogP contribution in [0.25, 0.3) is 0 Å². The minimum Gasteiger partial charge on any atom is -0.215 e. The summed E-state index contributed by atoms with van der Waals surface area (Å²) < 4.78 is 55.5. The molecule has 0 saturated carbocycles. The maximum Gasteiger partial charge on any atom is 0.211 e. The minimum atomic E-state index is -3.28. The summed E-state index contributed by atoms with van der Waals surface area (Å²) in [5.74, 6) is 0.400. The van der Waals surface area contributed by atoms with Crippen LogP contribution in [0.4, 0.5) is 0 Å². The predicted octanol–water partition coefficient (Wildman–Crippen LogP) is 6.91. The Morgan fingerprint density at radius 1 is 0.514 bits per heavy atom. The minimum absolute atomic E-state index is 0.116. The maximum atomic E-state index is 12.6. The van der Waals surface area contributed by atoms with Gasteiger partial charge in [-0.3, -0.25) is 0 Å². The van der Waals surface area contributed by atoms with Gasteiger partial charge in [0.15, 0.2) is 0 Å². The van der Waals surface area contributed by atoms with Gasteiger partial charge < -0.3 is 0 Å². The van der Waals surface area contributed by atoms with E-state index >= 15 is 0 Å². The molecule has 2 N–H and O–H groups in total. The van der Waals surface area contributed by atoms with Crippen molar-refractivity contribution in [3.05, 3.63) is 0 Å². The predicted molar refractivity (Wildman–Crippen MR) is 152 cm³/mol. The van der Waals surface area contributed by atoms with Gasteiger partial charge in [-0.2, -0.15) is 0 Å². The smallest absolute Gasteiger partial charge is 0.211 e. The highest BCUT2D eigenvalue weighted by atomic mass is 32.2. The molecule has 0 saturated heterocycles. The summed E-state index contributed by atoms with van der Waals surface area (Å²) >= 11 is 0. The molecule has 0 aliphatic heterocycles. The van der Waals surface area contributed by atoms with Crippen molar-refractivity contribution in [2.24, 2.45) is 5.41 Å². The normalized spacial score (nSPS) is 14.3. The fourth-order valence-electron chi connectivity index (χ4n) is 4.58. The zero-order valence-corrected chi connectivity index (χ0v) is 25.1. The third-order valence-corrected chi connectivity index (χ3v) is 10.1. The molecule has 0 aromatic rings. The van der Waals surface area contributed by atoms with Crippen LogP contribution in [0.5, 0.6) is 0 Å². The van der Waals surface area contributed by atoms with Crippen LogP contribution in [-0.2, 0) is 20.0 Å². The van der Waals surface area contributed by atoms with Crippen molar-refractivity contribution >= 4 is 20.0 Å². The molecule has 0 spiro atoms. The lowest BCUT2D eigenvalue weighted by Crippen LogP contribution is -2.39. The molecule has 0 radical (unpaired) electrons. The number of hydrogen-bond acceptors (Lipinski definition) is 4. The molecule has 8 heteroatoms. The molecule has 6 nitrogen and oxygen atoms in total. The molecule has 212 valence electrons. The first kappa shape index (κ1) is 34.8. The van der Waals surface area contributed by atoms with Gasteiger partial charge in [0.25, 0.3) is 0 Å². The van der Waals surface area contributed by atoms with Gasteiger partial charge >= 0.3 is 0 Å². The molecule has 0 aromatic heterocycles. The van der Waals surface area contributed by atoms with E-state index in [1.165, 1.54) is 38.5 Å². The lowest BCUT2D eigenvalue weighted by molar-refractivity contribution is 0.219. The second-order valence-electron chi connectivity index (χ2n) is 10.4. The molecule has 1 atom stereocenters. The average molecular weight is 539 g/mol. The van der Waals surface area contributed by atoms with Crippen molar-refractivity contribution in [3.63, 3.8) is 0 Å². The first-order valence-corrected chi connectivity index (χ1v) is 17.9. The van der Waals surface area contributed by atoms with Crippen LogP contribution >= 0.6 is 0 Å². The Morgan fingerprint density at radius 2 is 0.943 bits per heavy atom. The number of nitrogens with one attached hydrogen (secondary N) is 2. The van der Waals surface area contributed by atoms with Gasteiger partial charge in [0.05, 0.1) is 11.5 Å². The van der Waals surface area contributed by atoms with E-state index in [-0.39, 0.29) is 16.9 Å². The topological polar surface area (TPSA) is 92.3 Å². The quantitative estimate of drug-likeness (QED) is 0.117. The van der Waals surface area contributed by atoms with Crippen LogP contribution in [0.1, 0.15) is 143 Å². The van der Waals surface area contributed by atoms with Crippen molar-refractivity contribution < 1.29 is 16.8 Å². The van der Waals surface area contributed by atoms with Crippen LogP contribution < -0.4 is 9.44 Å². The second kappa shape index (κ2) is 20.8. The number of hydrogen-bond donors (Lipinski definition) is 2. The highest BCUT2D eigenvalue weighted by Gasteiger charge is 2.29. The van der Waals surface area contributed by atoms with Gasteiger partial charge in [0, 0.05) is 13.1 Å². The summed E-state index contributed by atoms with van der Waals surface area (Å²) in [6.45, 7) is 9.51. The van der Waals surface area contributed by atoms with E-state index in [0.29, 0.717) is 19.5 Å². The molecule has 0 aromatic carbocycles. The zero-order valence-electron chi connectivity index (χ0n) is 23.5. The van der Waals surface area contributed by atoms with Gasteiger partial charge in [0.2, 0.25) is 20.0 Å². The van der Waals surface area contributed by atoms with Gasteiger partial charge in [-0.15, -0.1) is 0 Å². The Kier molecular flexibility index (Phi) is 20.7. The fourth-order valence-corrected chi connectivity index (χ4v) is 7.01. The lowest BCUT2D eigenvalue weighted by Gasteiger charge is -2.33. The summed E-state index contributed by atoms with van der Waals surface area (Å²) in [5.41, 5.74) is -0.116. The summed E-state index contributed by atoms with van der Waals surface area (Å²) in [6, 6.07) is 0. The van der Waals surface area contributed by atoms with Gasteiger partial charge in [0.1, 0.15) is 0 Å². The molecule has 0 bridgehead atoms. The highest BCUT2D eigenvalue weighted by molar-refractivity contribution is 7.89. The molecular formula is C27H58N2O4S2. The Morgan fingerprint density at radius 3 is 1.43 bits per heavy atom. The molecular weight excluding hydrogens is 480 g/mol. The average Bonchev–Trinajstić information content (AvgIpc) is 2.82. The van der Waals surface area contributed by atoms with Crippen molar-refractivity contribution in [2.45, 2.75) is 143 Å². The fraction of sp³-hybridized carbons (Fsp3) is 1.00. The third kappa shape index (κ3) is 19.6. The third-order valence-electron chi connectivity index (χ3n) is 7.22. The first-order valence-electron chi connectivity index (χ1n) is 14.6. The Labute approximate surface area is 219 Å². The van der Waals surface area contributed by atoms with Gasteiger partial charge in [-0.1, -0.05) is 105 Å². The van der Waals surface area contributed by atoms with Crippen molar-refractivity contribution in [2.75, 3.05) is 24.6 Å². The van der Waals surface area contributed by atoms with E-state index in [2.05, 4.69) is 37.1 Å². The monoisotopic (exact) mass is 538 g/mol. The van der Waals surface area contributed by atoms with Crippen molar-refractivity contribution in [1.82, 2.24) is 9.44 Å². The Balaban J connectivity index is 4.55. The van der Waals surface area contributed by atoms with Crippen LogP contribution in [0.3, 0.4) is 0 Å². The van der Waals surface area contributed by atoms with E-state index in [0.717, 1.165) is 70.6 Å². The standard InChI is InChI=1S/C27H58N2O4S2/c1-5-9-12-14-16-18-24-34(30,31)28-23-20-22-27(8-4,21-11-7-3)26-29-35(32,33)25-19-17-15-13-10-6-2/h28-29H,5-26H2,1-4H3. The first-order chi connectivity index (χ1) is 16.7. The SMILES string of the molecule is CCCCCCCCS(=O)(=O)NCCCC(CC)(CCCC)CNS(=O)(=O)CCCCCCCC. The molecule has 35 heavy (non-hydrogen) atoms. The molecule has 0 fully saturated rings. The van der Waals surface area contributed by atoms with Gasteiger partial charge in [-0.05, 0) is 43.9 Å². The molecule has 0 aliphatic carbocycles. The number of rotatable bonds is 26. The van der Waals surface area contributed by atoms with Crippen molar-refractivity contribution in [1.29, 1.82) is 0 Å². The second-order valence-corrected chi connectivity index (χ2v) is 14.3. The Hall–Kier alpha value is -0.180. The Bertz CT molecular complexity index is 696. The number of sulfonamides is 2. The largest absolute Gasteiger partial charge is 0.215 e. The lowest BCUT2D eigenvalue weighted by atomic mass is 9.76. The van der Waals surface area contributed by atoms with E-state index < -0.39 is 20.0 Å². The van der Waals surface area contributed by atoms with E-state index in [4.69, 9.17) is 0 Å².